The molecule has 176 valence electrons. The second kappa shape index (κ2) is 11.3. The van der Waals surface area contributed by atoms with Crippen molar-refractivity contribution in [3.05, 3.63) is 80.3 Å². The quantitative estimate of drug-likeness (QED) is 0.300. The van der Waals surface area contributed by atoms with Gasteiger partial charge in [0.1, 0.15) is 27.6 Å². The van der Waals surface area contributed by atoms with Gasteiger partial charge in [-0.3, -0.25) is 19.1 Å². The number of rotatable bonds is 9. The van der Waals surface area contributed by atoms with Crippen molar-refractivity contribution in [3.63, 3.8) is 0 Å². The van der Waals surface area contributed by atoms with E-state index in [0.717, 1.165) is 18.4 Å². The summed E-state index contributed by atoms with van der Waals surface area (Å²) in [5, 5.41) is 13.0. The fraction of sp³-hybridized carbons (Fsp3) is 0.280. The van der Waals surface area contributed by atoms with Gasteiger partial charge in [0.15, 0.2) is 0 Å². The Hall–Kier alpha value is -3.22. The van der Waals surface area contributed by atoms with Gasteiger partial charge in [-0.05, 0) is 42.7 Å². The number of amides is 1. The molecule has 0 atom stereocenters. The summed E-state index contributed by atoms with van der Waals surface area (Å²) < 4.78 is 15.3. The third kappa shape index (κ3) is 5.29. The van der Waals surface area contributed by atoms with Crippen LogP contribution in [0.1, 0.15) is 42.0 Å². The molecule has 34 heavy (non-hydrogen) atoms. The lowest BCUT2D eigenvalue weighted by Crippen LogP contribution is -2.29. The zero-order chi connectivity index (χ0) is 24.8. The van der Waals surface area contributed by atoms with Crippen LogP contribution in [-0.2, 0) is 17.9 Å². The lowest BCUT2D eigenvalue weighted by atomic mass is 10.0. The molecule has 1 saturated heterocycles. The predicted molar refractivity (Wildman–Crippen MR) is 139 cm³/mol. The zero-order valence-electron chi connectivity index (χ0n) is 19.1. The van der Waals surface area contributed by atoms with E-state index in [4.69, 9.17) is 12.2 Å². The van der Waals surface area contributed by atoms with Gasteiger partial charge in [0.05, 0.1) is 4.91 Å². The summed E-state index contributed by atoms with van der Waals surface area (Å²) in [6, 6.07) is 8.09. The van der Waals surface area contributed by atoms with Crippen molar-refractivity contribution in [1.82, 2.24) is 9.47 Å². The normalized spacial score (nSPS) is 14.5. The number of thiocarbonyl (C=S) groups is 1. The molecular formula is C25H25FN4O2S2. The molecule has 0 saturated carbocycles. The van der Waals surface area contributed by atoms with Gasteiger partial charge in [-0.25, -0.2) is 4.39 Å². The Bertz CT molecular complexity index is 1260. The van der Waals surface area contributed by atoms with Gasteiger partial charge in [0.2, 0.25) is 0 Å². The second-order valence-corrected chi connectivity index (χ2v) is 9.42. The first-order valence-electron chi connectivity index (χ1n) is 10.8. The van der Waals surface area contributed by atoms with Crippen molar-refractivity contribution < 1.29 is 9.18 Å². The molecule has 1 fully saturated rings. The summed E-state index contributed by atoms with van der Waals surface area (Å²) in [5.74, 6) is -0.0723. The van der Waals surface area contributed by atoms with E-state index in [1.165, 1.54) is 28.8 Å². The van der Waals surface area contributed by atoms with Crippen molar-refractivity contribution in [2.75, 3.05) is 11.9 Å². The van der Waals surface area contributed by atoms with E-state index < -0.39 is 0 Å². The highest BCUT2D eigenvalue weighted by Gasteiger charge is 2.32. The SMILES string of the molecule is C=CCN1C(=O)/C(=C\c2c(C)c(C#N)c(=O)n(CCCC)c2NCc2ccc(F)cc2)SC1=S. The first kappa shape index (κ1) is 25.4. The maximum Gasteiger partial charge on any atom is 0.270 e. The van der Waals surface area contributed by atoms with Crippen molar-refractivity contribution in [2.45, 2.75) is 39.8 Å². The van der Waals surface area contributed by atoms with Crippen molar-refractivity contribution in [3.8, 4) is 6.07 Å². The smallest absolute Gasteiger partial charge is 0.270 e. The Balaban J connectivity index is 2.16. The third-order valence-corrected chi connectivity index (χ3v) is 6.82. The van der Waals surface area contributed by atoms with Crippen LogP contribution in [0, 0.1) is 24.1 Å². The van der Waals surface area contributed by atoms with Crippen LogP contribution in [0.15, 0.2) is 46.6 Å². The predicted octanol–water partition coefficient (Wildman–Crippen LogP) is 4.97. The van der Waals surface area contributed by atoms with E-state index in [9.17, 15) is 19.2 Å². The molecule has 1 aliphatic rings. The molecule has 9 heteroatoms. The minimum atomic E-state index is -0.383. The van der Waals surface area contributed by atoms with Crippen LogP contribution in [0.2, 0.25) is 0 Å². The average Bonchev–Trinajstić information content (AvgIpc) is 3.08. The van der Waals surface area contributed by atoms with Gasteiger partial charge in [0, 0.05) is 25.2 Å². The Morgan fingerprint density at radius 3 is 2.62 bits per heavy atom. The number of nitrogens with one attached hydrogen (secondary N) is 1. The molecule has 0 radical (unpaired) electrons. The molecule has 0 spiro atoms. The molecule has 1 aromatic carbocycles. The summed E-state index contributed by atoms with van der Waals surface area (Å²) in [4.78, 5) is 28.0. The van der Waals surface area contributed by atoms with E-state index in [2.05, 4.69) is 11.9 Å². The number of thioether (sulfide) groups is 1. The lowest BCUT2D eigenvalue weighted by Gasteiger charge is -2.20. The number of nitrogens with zero attached hydrogens (tertiary/aromatic N) is 3. The Morgan fingerprint density at radius 1 is 1.29 bits per heavy atom. The fourth-order valence-electron chi connectivity index (χ4n) is 3.59. The maximum atomic E-state index is 13.3. The van der Waals surface area contributed by atoms with E-state index in [1.807, 2.05) is 13.0 Å². The van der Waals surface area contributed by atoms with Crippen molar-refractivity contribution >= 4 is 46.1 Å². The minimum Gasteiger partial charge on any atom is -0.367 e. The Kier molecular flexibility index (Phi) is 8.42. The molecule has 3 rings (SSSR count). The number of nitriles is 1. The van der Waals surface area contributed by atoms with E-state index >= 15 is 0 Å². The summed E-state index contributed by atoms with van der Waals surface area (Å²) in [6.45, 7) is 8.43. The highest BCUT2D eigenvalue weighted by Crippen LogP contribution is 2.35. The highest BCUT2D eigenvalue weighted by atomic mass is 32.2. The molecule has 1 aromatic heterocycles. The topological polar surface area (TPSA) is 78.1 Å². The molecule has 1 amide bonds. The number of aromatic nitrogens is 1. The Morgan fingerprint density at radius 2 is 2.00 bits per heavy atom. The fourth-order valence-corrected chi connectivity index (χ4v) is 4.85. The van der Waals surface area contributed by atoms with Gasteiger partial charge in [-0.1, -0.05) is 55.5 Å². The molecule has 0 unspecified atom stereocenters. The molecule has 1 N–H and O–H groups in total. The van der Waals surface area contributed by atoms with Crippen LogP contribution >= 0.6 is 24.0 Å². The van der Waals surface area contributed by atoms with Crippen LogP contribution in [0.3, 0.4) is 0 Å². The van der Waals surface area contributed by atoms with Crippen LogP contribution in [0.25, 0.3) is 6.08 Å². The first-order valence-corrected chi connectivity index (χ1v) is 12.1. The molecule has 0 bridgehead atoms. The molecule has 6 nitrogen and oxygen atoms in total. The zero-order valence-corrected chi connectivity index (χ0v) is 20.7. The maximum absolute atomic E-state index is 13.3. The number of carbonyl (C=O) groups excluding carboxylic acids is 1. The molecular weight excluding hydrogens is 471 g/mol. The van der Waals surface area contributed by atoms with Crippen molar-refractivity contribution in [1.29, 1.82) is 5.26 Å². The van der Waals surface area contributed by atoms with Gasteiger partial charge < -0.3 is 5.32 Å². The van der Waals surface area contributed by atoms with Gasteiger partial charge in [-0.15, -0.1) is 6.58 Å². The number of hydrogen-bond acceptors (Lipinski definition) is 6. The molecule has 0 aliphatic carbocycles. The van der Waals surface area contributed by atoms with E-state index in [0.29, 0.717) is 45.8 Å². The summed E-state index contributed by atoms with van der Waals surface area (Å²) in [7, 11) is 0. The van der Waals surface area contributed by atoms with Crippen LogP contribution < -0.4 is 10.9 Å². The lowest BCUT2D eigenvalue weighted by molar-refractivity contribution is -0.121. The third-order valence-electron chi connectivity index (χ3n) is 5.44. The van der Waals surface area contributed by atoms with Crippen LogP contribution in [0.4, 0.5) is 10.2 Å². The number of anilines is 1. The van der Waals surface area contributed by atoms with E-state index in [-0.39, 0.29) is 22.8 Å². The van der Waals surface area contributed by atoms with Crippen LogP contribution in [0.5, 0.6) is 0 Å². The molecule has 1 aliphatic heterocycles. The summed E-state index contributed by atoms with van der Waals surface area (Å²) >= 11 is 6.52. The standard InChI is InChI=1S/C25H25FN4O2S2/c1-4-6-12-29-22(28-15-17-7-9-18(26)10-8-17)19(16(3)20(14-27)23(29)31)13-21-24(32)30(11-5-2)25(33)34-21/h5,7-10,13,28H,2,4,6,11-12,15H2,1,3H3/b21-13+. The van der Waals surface area contributed by atoms with Crippen molar-refractivity contribution in [2.24, 2.45) is 0 Å². The number of benzene rings is 1. The van der Waals surface area contributed by atoms with E-state index in [1.54, 1.807) is 35.8 Å². The molecule has 2 heterocycles. The number of hydrogen-bond donors (Lipinski definition) is 1. The monoisotopic (exact) mass is 496 g/mol. The van der Waals surface area contributed by atoms with Crippen LogP contribution in [-0.4, -0.2) is 26.2 Å². The van der Waals surface area contributed by atoms with Gasteiger partial charge in [-0.2, -0.15) is 5.26 Å². The Labute approximate surface area is 207 Å². The van der Waals surface area contributed by atoms with Gasteiger partial charge in [0.25, 0.3) is 11.5 Å². The summed E-state index contributed by atoms with van der Waals surface area (Å²) in [5.41, 5.74) is 1.54. The average molecular weight is 497 g/mol. The number of carbonyl (C=O) groups is 1. The van der Waals surface area contributed by atoms with Gasteiger partial charge >= 0.3 is 0 Å². The molecule has 2 aromatic rings. The number of unbranched alkanes of at least 4 members (excludes halogenated alkanes) is 1. The largest absolute Gasteiger partial charge is 0.367 e. The minimum absolute atomic E-state index is 0.0382. The summed E-state index contributed by atoms with van der Waals surface area (Å²) in [6.07, 6.45) is 4.88. The first-order chi connectivity index (χ1) is 16.3. The number of halogens is 1. The number of pyridine rings is 1. The highest BCUT2D eigenvalue weighted by molar-refractivity contribution is 8.26. The second-order valence-electron chi connectivity index (χ2n) is 7.75.